The molecule has 1 aliphatic heterocycles. The van der Waals surface area contributed by atoms with Crippen LogP contribution < -0.4 is 9.64 Å². The Hall–Kier alpha value is -1.22. The van der Waals surface area contributed by atoms with E-state index in [0.717, 1.165) is 11.4 Å². The number of para-hydroxylation sites is 2. The van der Waals surface area contributed by atoms with E-state index in [1.54, 1.807) is 11.9 Å². The van der Waals surface area contributed by atoms with Crippen molar-refractivity contribution in [1.29, 1.82) is 0 Å². The number of fused-ring (bicyclic) bond motifs is 1. The molecule has 14 heavy (non-hydrogen) atoms. The molecule has 0 bridgehead atoms. The topological polar surface area (TPSA) is 29.5 Å². The molecule has 1 heterocycles. The molecule has 1 aliphatic rings. The molecule has 4 heteroatoms. The van der Waals surface area contributed by atoms with E-state index in [4.69, 9.17) is 4.74 Å². The van der Waals surface area contributed by atoms with Crippen molar-refractivity contribution in [3.63, 3.8) is 0 Å². The lowest BCUT2D eigenvalue weighted by Crippen LogP contribution is -2.24. The smallest absolute Gasteiger partial charge is 0.230 e. The molecule has 1 aromatic carbocycles. The van der Waals surface area contributed by atoms with Crippen molar-refractivity contribution in [2.75, 3.05) is 18.6 Å². The van der Waals surface area contributed by atoms with Gasteiger partial charge in [0, 0.05) is 7.05 Å². The molecule has 0 saturated heterocycles. The van der Waals surface area contributed by atoms with Gasteiger partial charge in [-0.25, -0.2) is 0 Å². The highest BCUT2D eigenvalue weighted by Crippen LogP contribution is 2.29. The Labute approximate surface area is 89.1 Å². The van der Waals surface area contributed by atoms with Crippen molar-refractivity contribution in [2.24, 2.45) is 0 Å². The van der Waals surface area contributed by atoms with E-state index in [1.807, 2.05) is 24.3 Å². The molecule has 2 rings (SSSR count). The maximum absolute atomic E-state index is 11.4. The second kappa shape index (κ2) is 4.33. The molecule has 1 aromatic rings. The van der Waals surface area contributed by atoms with Gasteiger partial charge in [-0.2, -0.15) is 0 Å². The number of carbonyl (C=O) groups excluding carboxylic acids is 1. The first-order valence-electron chi connectivity index (χ1n) is 4.27. The number of halogens is 1. The van der Waals surface area contributed by atoms with Gasteiger partial charge in [-0.05, 0) is 12.1 Å². The summed E-state index contributed by atoms with van der Waals surface area (Å²) in [4.78, 5) is 13.1. The Morgan fingerprint density at radius 3 is 2.86 bits per heavy atom. The molecular formula is C10H12ClNO2. The van der Waals surface area contributed by atoms with Gasteiger partial charge in [-0.3, -0.25) is 4.79 Å². The number of anilines is 1. The van der Waals surface area contributed by atoms with E-state index in [9.17, 15) is 4.79 Å². The summed E-state index contributed by atoms with van der Waals surface area (Å²) in [6.07, 6.45) is 0.450. The number of amides is 1. The maximum atomic E-state index is 11.4. The van der Waals surface area contributed by atoms with Crippen molar-refractivity contribution in [3.8, 4) is 5.75 Å². The standard InChI is InChI=1S/C10H11NO2.ClH/c1-11-8-4-2-3-5-9(8)13-7-6-10(11)12;/h2-5H,6-7H2,1H3;1H. The van der Waals surface area contributed by atoms with Crippen LogP contribution in [-0.2, 0) is 4.79 Å². The van der Waals surface area contributed by atoms with Crippen LogP contribution >= 0.6 is 12.4 Å². The number of benzene rings is 1. The third-order valence-electron chi connectivity index (χ3n) is 2.17. The largest absolute Gasteiger partial charge is 0.491 e. The average molecular weight is 214 g/mol. The highest BCUT2D eigenvalue weighted by molar-refractivity contribution is 5.94. The summed E-state index contributed by atoms with van der Waals surface area (Å²) in [5.41, 5.74) is 0.852. The Morgan fingerprint density at radius 1 is 1.36 bits per heavy atom. The molecular weight excluding hydrogens is 202 g/mol. The van der Waals surface area contributed by atoms with Crippen LogP contribution in [0.5, 0.6) is 5.75 Å². The fraction of sp³-hybridized carbons (Fsp3) is 0.300. The van der Waals surface area contributed by atoms with Crippen LogP contribution in [0.15, 0.2) is 24.3 Å². The Kier molecular flexibility index (Phi) is 3.36. The summed E-state index contributed by atoms with van der Waals surface area (Å²) in [6.45, 7) is 0.472. The first-order valence-corrected chi connectivity index (χ1v) is 4.27. The first-order chi connectivity index (χ1) is 6.29. The first kappa shape index (κ1) is 10.9. The minimum atomic E-state index is 0. The summed E-state index contributed by atoms with van der Waals surface area (Å²) in [5, 5.41) is 0. The summed E-state index contributed by atoms with van der Waals surface area (Å²) < 4.78 is 5.43. The SMILES string of the molecule is CN1C(=O)CCOc2ccccc21.Cl. The van der Waals surface area contributed by atoms with Gasteiger partial charge in [-0.15, -0.1) is 12.4 Å². The molecule has 0 aliphatic carbocycles. The van der Waals surface area contributed by atoms with Gasteiger partial charge in [0.25, 0.3) is 0 Å². The minimum Gasteiger partial charge on any atom is -0.491 e. The van der Waals surface area contributed by atoms with Crippen molar-refractivity contribution < 1.29 is 9.53 Å². The number of carbonyl (C=O) groups is 1. The third kappa shape index (κ3) is 1.82. The number of ether oxygens (including phenoxy) is 1. The fourth-order valence-electron chi connectivity index (χ4n) is 1.41. The third-order valence-corrected chi connectivity index (χ3v) is 2.17. The van der Waals surface area contributed by atoms with Crippen molar-refractivity contribution in [2.45, 2.75) is 6.42 Å². The van der Waals surface area contributed by atoms with E-state index in [0.29, 0.717) is 13.0 Å². The molecule has 76 valence electrons. The highest BCUT2D eigenvalue weighted by atomic mass is 35.5. The Morgan fingerprint density at radius 2 is 2.07 bits per heavy atom. The Bertz CT molecular complexity index is 341. The number of nitrogens with zero attached hydrogens (tertiary/aromatic N) is 1. The summed E-state index contributed by atoms with van der Waals surface area (Å²) in [7, 11) is 1.77. The van der Waals surface area contributed by atoms with Crippen LogP contribution in [0.3, 0.4) is 0 Å². The predicted octanol–water partition coefficient (Wildman–Crippen LogP) is 1.85. The van der Waals surface area contributed by atoms with Gasteiger partial charge in [0.2, 0.25) is 5.91 Å². The molecule has 0 saturated carbocycles. The zero-order valence-corrected chi connectivity index (χ0v) is 8.71. The van der Waals surface area contributed by atoms with Crippen LogP contribution in [0, 0.1) is 0 Å². The molecule has 0 N–H and O–H groups in total. The van der Waals surface area contributed by atoms with Crippen molar-refractivity contribution in [1.82, 2.24) is 0 Å². The molecule has 3 nitrogen and oxygen atoms in total. The molecule has 0 aromatic heterocycles. The number of hydrogen-bond acceptors (Lipinski definition) is 2. The van der Waals surface area contributed by atoms with E-state index < -0.39 is 0 Å². The molecule has 0 unspecified atom stereocenters. The Balaban J connectivity index is 0.000000980. The normalized spacial score (nSPS) is 14.9. The van der Waals surface area contributed by atoms with Crippen LogP contribution in [0.2, 0.25) is 0 Å². The quantitative estimate of drug-likeness (QED) is 0.659. The highest BCUT2D eigenvalue weighted by Gasteiger charge is 2.18. The summed E-state index contributed by atoms with van der Waals surface area (Å²) in [5.74, 6) is 0.890. The molecule has 0 radical (unpaired) electrons. The second-order valence-corrected chi connectivity index (χ2v) is 3.02. The van der Waals surface area contributed by atoms with Gasteiger partial charge in [0.05, 0.1) is 18.7 Å². The van der Waals surface area contributed by atoms with Crippen LogP contribution in [0.4, 0.5) is 5.69 Å². The van der Waals surface area contributed by atoms with E-state index >= 15 is 0 Å². The van der Waals surface area contributed by atoms with Gasteiger partial charge in [0.1, 0.15) is 5.75 Å². The zero-order chi connectivity index (χ0) is 9.26. The second-order valence-electron chi connectivity index (χ2n) is 3.02. The lowest BCUT2D eigenvalue weighted by atomic mass is 10.2. The number of hydrogen-bond donors (Lipinski definition) is 0. The summed E-state index contributed by atoms with van der Waals surface area (Å²) in [6, 6.07) is 7.57. The van der Waals surface area contributed by atoms with Gasteiger partial charge in [-0.1, -0.05) is 12.1 Å². The van der Waals surface area contributed by atoms with Crippen LogP contribution in [-0.4, -0.2) is 19.6 Å². The van der Waals surface area contributed by atoms with Crippen LogP contribution in [0.1, 0.15) is 6.42 Å². The molecule has 0 spiro atoms. The van der Waals surface area contributed by atoms with Gasteiger partial charge < -0.3 is 9.64 Å². The lowest BCUT2D eigenvalue weighted by Gasteiger charge is -2.15. The van der Waals surface area contributed by atoms with E-state index in [1.165, 1.54) is 0 Å². The zero-order valence-electron chi connectivity index (χ0n) is 7.90. The average Bonchev–Trinajstić information content (AvgIpc) is 2.29. The van der Waals surface area contributed by atoms with Crippen LogP contribution in [0.25, 0.3) is 0 Å². The van der Waals surface area contributed by atoms with Crippen molar-refractivity contribution in [3.05, 3.63) is 24.3 Å². The molecule has 0 atom stereocenters. The van der Waals surface area contributed by atoms with E-state index in [-0.39, 0.29) is 18.3 Å². The molecule has 0 fully saturated rings. The summed E-state index contributed by atoms with van der Waals surface area (Å²) >= 11 is 0. The lowest BCUT2D eigenvalue weighted by molar-refractivity contribution is -0.118. The predicted molar refractivity (Wildman–Crippen MR) is 57.2 cm³/mol. The van der Waals surface area contributed by atoms with E-state index in [2.05, 4.69) is 0 Å². The van der Waals surface area contributed by atoms with Gasteiger partial charge in [0.15, 0.2) is 0 Å². The minimum absolute atomic E-state index is 0. The maximum Gasteiger partial charge on any atom is 0.230 e. The fourth-order valence-corrected chi connectivity index (χ4v) is 1.41. The van der Waals surface area contributed by atoms with Gasteiger partial charge >= 0.3 is 0 Å². The van der Waals surface area contributed by atoms with Crippen molar-refractivity contribution >= 4 is 24.0 Å². The molecule has 1 amide bonds. The number of rotatable bonds is 0. The monoisotopic (exact) mass is 213 g/mol.